The second kappa shape index (κ2) is 5.63. The van der Waals surface area contributed by atoms with Gasteiger partial charge in [-0.1, -0.05) is 24.3 Å². The van der Waals surface area contributed by atoms with Crippen molar-refractivity contribution in [1.82, 2.24) is 9.97 Å². The molecule has 0 spiro atoms. The van der Waals surface area contributed by atoms with Gasteiger partial charge >= 0.3 is 0 Å². The molecule has 3 aromatic rings. The van der Waals surface area contributed by atoms with E-state index in [1.54, 1.807) is 24.5 Å². The largest absolute Gasteiger partial charge is 0.397 e. The monoisotopic (exact) mass is 238 g/mol. The Morgan fingerprint density at radius 2 is 1.00 bits per heavy atom. The predicted octanol–water partition coefficient (Wildman–Crippen LogP) is 2.48. The van der Waals surface area contributed by atoms with Crippen LogP contribution in [0.3, 0.4) is 0 Å². The lowest BCUT2D eigenvalue weighted by Crippen LogP contribution is -1.91. The number of para-hydroxylation sites is 4. The minimum Gasteiger partial charge on any atom is -0.397 e. The SMILES string of the molecule is Nc1ccccc1N.c1ccc2nccnc2c1. The van der Waals surface area contributed by atoms with E-state index in [0.29, 0.717) is 11.4 Å². The summed E-state index contributed by atoms with van der Waals surface area (Å²) >= 11 is 0. The highest BCUT2D eigenvalue weighted by atomic mass is 14.8. The zero-order valence-electron chi connectivity index (χ0n) is 9.82. The minimum absolute atomic E-state index is 0.646. The van der Waals surface area contributed by atoms with Gasteiger partial charge in [-0.2, -0.15) is 0 Å². The van der Waals surface area contributed by atoms with Gasteiger partial charge in [0.25, 0.3) is 0 Å². The van der Waals surface area contributed by atoms with Crippen LogP contribution in [0, 0.1) is 0 Å². The number of benzene rings is 2. The maximum Gasteiger partial charge on any atom is 0.0886 e. The van der Waals surface area contributed by atoms with Crippen LogP contribution >= 0.6 is 0 Å². The molecule has 1 aromatic heterocycles. The number of nitrogens with zero attached hydrogens (tertiary/aromatic N) is 2. The third-order valence-electron chi connectivity index (χ3n) is 2.37. The van der Waals surface area contributed by atoms with E-state index in [4.69, 9.17) is 11.5 Å². The van der Waals surface area contributed by atoms with Crippen LogP contribution < -0.4 is 11.5 Å². The highest BCUT2D eigenvalue weighted by Crippen LogP contribution is 2.10. The molecule has 4 heteroatoms. The van der Waals surface area contributed by atoms with E-state index in [9.17, 15) is 0 Å². The van der Waals surface area contributed by atoms with E-state index >= 15 is 0 Å². The van der Waals surface area contributed by atoms with Gasteiger partial charge in [-0.3, -0.25) is 9.97 Å². The van der Waals surface area contributed by atoms with Crippen LogP contribution in [0.1, 0.15) is 0 Å². The molecule has 0 saturated heterocycles. The summed E-state index contributed by atoms with van der Waals surface area (Å²) in [4.78, 5) is 8.24. The molecule has 4 N–H and O–H groups in total. The molecule has 0 fully saturated rings. The fraction of sp³-hybridized carbons (Fsp3) is 0. The van der Waals surface area contributed by atoms with Gasteiger partial charge in [0, 0.05) is 12.4 Å². The van der Waals surface area contributed by atoms with Crippen molar-refractivity contribution in [3.8, 4) is 0 Å². The normalized spacial score (nSPS) is 9.56. The number of fused-ring (bicyclic) bond motifs is 1. The lowest BCUT2D eigenvalue weighted by Gasteiger charge is -1.94. The smallest absolute Gasteiger partial charge is 0.0886 e. The number of hydrogen-bond acceptors (Lipinski definition) is 4. The molecule has 0 aliphatic carbocycles. The Bertz CT molecular complexity index is 551. The molecule has 2 aromatic carbocycles. The zero-order valence-corrected chi connectivity index (χ0v) is 9.82. The van der Waals surface area contributed by atoms with Crippen molar-refractivity contribution in [3.63, 3.8) is 0 Å². The Labute approximate surface area is 105 Å². The van der Waals surface area contributed by atoms with E-state index in [1.807, 2.05) is 36.4 Å². The molecule has 4 nitrogen and oxygen atoms in total. The molecule has 0 saturated carbocycles. The van der Waals surface area contributed by atoms with Gasteiger partial charge in [0.1, 0.15) is 0 Å². The van der Waals surface area contributed by atoms with Crippen molar-refractivity contribution in [1.29, 1.82) is 0 Å². The van der Waals surface area contributed by atoms with Gasteiger partial charge in [-0.05, 0) is 24.3 Å². The average molecular weight is 238 g/mol. The fourth-order valence-corrected chi connectivity index (χ4v) is 1.42. The van der Waals surface area contributed by atoms with E-state index in [2.05, 4.69) is 9.97 Å². The number of anilines is 2. The third kappa shape index (κ3) is 2.95. The Hall–Kier alpha value is -2.62. The number of aromatic nitrogens is 2. The first-order valence-electron chi connectivity index (χ1n) is 5.53. The molecule has 0 amide bonds. The molecule has 3 rings (SSSR count). The quantitative estimate of drug-likeness (QED) is 0.590. The molecule has 18 heavy (non-hydrogen) atoms. The summed E-state index contributed by atoms with van der Waals surface area (Å²) in [6.07, 6.45) is 3.39. The van der Waals surface area contributed by atoms with Crippen LogP contribution in [0.15, 0.2) is 60.9 Å². The molecule has 1 heterocycles. The van der Waals surface area contributed by atoms with Crippen LogP contribution in [0.2, 0.25) is 0 Å². The topological polar surface area (TPSA) is 77.8 Å². The molecule has 0 bridgehead atoms. The van der Waals surface area contributed by atoms with E-state index in [-0.39, 0.29) is 0 Å². The standard InChI is InChI=1S/C8H6N2.C6H8N2/c1-2-4-8-7(3-1)9-5-6-10-8;7-5-3-1-2-4-6(5)8/h1-6H;1-4H,7-8H2. The molecular weight excluding hydrogens is 224 g/mol. The number of hydrogen-bond donors (Lipinski definition) is 2. The lowest BCUT2D eigenvalue weighted by atomic mass is 10.3. The van der Waals surface area contributed by atoms with Crippen molar-refractivity contribution in [2.75, 3.05) is 11.5 Å². The second-order valence-corrected chi connectivity index (χ2v) is 3.67. The van der Waals surface area contributed by atoms with Crippen LogP contribution in [-0.4, -0.2) is 9.97 Å². The Morgan fingerprint density at radius 3 is 1.39 bits per heavy atom. The van der Waals surface area contributed by atoms with Gasteiger partial charge < -0.3 is 11.5 Å². The third-order valence-corrected chi connectivity index (χ3v) is 2.37. The molecule has 0 atom stereocenters. The Morgan fingerprint density at radius 1 is 0.611 bits per heavy atom. The summed E-state index contributed by atoms with van der Waals surface area (Å²) in [5.74, 6) is 0. The van der Waals surface area contributed by atoms with Gasteiger partial charge in [0.2, 0.25) is 0 Å². The second-order valence-electron chi connectivity index (χ2n) is 3.67. The summed E-state index contributed by atoms with van der Waals surface area (Å²) in [6, 6.07) is 15.1. The summed E-state index contributed by atoms with van der Waals surface area (Å²) in [5.41, 5.74) is 14.0. The first-order chi connectivity index (χ1) is 8.77. The van der Waals surface area contributed by atoms with Crippen molar-refractivity contribution in [3.05, 3.63) is 60.9 Å². The van der Waals surface area contributed by atoms with E-state index in [1.165, 1.54) is 0 Å². The Balaban J connectivity index is 0.000000138. The summed E-state index contributed by atoms with van der Waals surface area (Å²) in [6.45, 7) is 0. The van der Waals surface area contributed by atoms with Gasteiger partial charge in [0.15, 0.2) is 0 Å². The molecule has 0 radical (unpaired) electrons. The average Bonchev–Trinajstić information content (AvgIpc) is 2.43. The Kier molecular flexibility index (Phi) is 3.71. The van der Waals surface area contributed by atoms with Crippen molar-refractivity contribution in [2.24, 2.45) is 0 Å². The van der Waals surface area contributed by atoms with Gasteiger partial charge in [0.05, 0.1) is 22.4 Å². The summed E-state index contributed by atoms with van der Waals surface area (Å²) in [5, 5.41) is 0. The molecule has 0 aliphatic rings. The highest BCUT2D eigenvalue weighted by Gasteiger charge is 1.88. The van der Waals surface area contributed by atoms with Crippen LogP contribution in [-0.2, 0) is 0 Å². The van der Waals surface area contributed by atoms with Gasteiger partial charge in [-0.25, -0.2) is 0 Å². The number of nitrogen functional groups attached to an aromatic ring is 2. The predicted molar refractivity (Wildman–Crippen MR) is 74.8 cm³/mol. The molecule has 90 valence electrons. The van der Waals surface area contributed by atoms with E-state index < -0.39 is 0 Å². The van der Waals surface area contributed by atoms with Crippen molar-refractivity contribution < 1.29 is 0 Å². The lowest BCUT2D eigenvalue weighted by molar-refractivity contribution is 1.29. The van der Waals surface area contributed by atoms with Crippen LogP contribution in [0.4, 0.5) is 11.4 Å². The van der Waals surface area contributed by atoms with Gasteiger partial charge in [-0.15, -0.1) is 0 Å². The van der Waals surface area contributed by atoms with E-state index in [0.717, 1.165) is 11.0 Å². The van der Waals surface area contributed by atoms with Crippen LogP contribution in [0.25, 0.3) is 11.0 Å². The van der Waals surface area contributed by atoms with Crippen LogP contribution in [0.5, 0.6) is 0 Å². The summed E-state index contributed by atoms with van der Waals surface area (Å²) < 4.78 is 0. The molecule has 0 aliphatic heterocycles. The molecular formula is C14H14N4. The first kappa shape index (κ1) is 11.9. The van der Waals surface area contributed by atoms with Crippen molar-refractivity contribution in [2.45, 2.75) is 0 Å². The summed E-state index contributed by atoms with van der Waals surface area (Å²) in [7, 11) is 0. The first-order valence-corrected chi connectivity index (χ1v) is 5.53. The maximum atomic E-state index is 5.39. The molecule has 0 unspecified atom stereocenters. The fourth-order valence-electron chi connectivity index (χ4n) is 1.42. The maximum absolute atomic E-state index is 5.39. The number of rotatable bonds is 0. The zero-order chi connectivity index (χ0) is 12.8. The van der Waals surface area contributed by atoms with Crippen molar-refractivity contribution >= 4 is 22.4 Å². The minimum atomic E-state index is 0.646. The number of nitrogens with two attached hydrogens (primary N) is 2. The highest BCUT2D eigenvalue weighted by molar-refractivity contribution is 5.73.